The molecule has 3 N–H and O–H groups in total. The highest BCUT2D eigenvalue weighted by Crippen LogP contribution is 2.45. The summed E-state index contributed by atoms with van der Waals surface area (Å²) in [7, 11) is 0. The van der Waals surface area contributed by atoms with E-state index >= 15 is 0 Å². The highest BCUT2D eigenvalue weighted by molar-refractivity contribution is 6.30. The number of hydrogen-bond donors (Lipinski definition) is 2. The van der Waals surface area contributed by atoms with Crippen molar-refractivity contribution in [3.63, 3.8) is 0 Å². The summed E-state index contributed by atoms with van der Waals surface area (Å²) in [4.78, 5) is 57.7. The number of ether oxygens (including phenoxy) is 3. The van der Waals surface area contributed by atoms with Crippen LogP contribution in [0.3, 0.4) is 0 Å². The van der Waals surface area contributed by atoms with Crippen molar-refractivity contribution in [1.29, 1.82) is 0 Å². The van der Waals surface area contributed by atoms with Gasteiger partial charge in [-0.2, -0.15) is 0 Å². The van der Waals surface area contributed by atoms with E-state index in [-0.39, 0.29) is 48.0 Å². The minimum Gasteiger partial charge on any atom is -0.463 e. The van der Waals surface area contributed by atoms with Crippen molar-refractivity contribution < 1.29 is 28.6 Å². The van der Waals surface area contributed by atoms with Crippen LogP contribution >= 0.6 is 11.6 Å². The van der Waals surface area contributed by atoms with E-state index in [0.717, 1.165) is 0 Å². The van der Waals surface area contributed by atoms with Gasteiger partial charge in [0, 0.05) is 27.7 Å². The average molecular weight is 566 g/mol. The molecule has 10 nitrogen and oxygen atoms in total. The monoisotopic (exact) mass is 565 g/mol. The van der Waals surface area contributed by atoms with Crippen molar-refractivity contribution in [1.82, 2.24) is 4.98 Å². The lowest BCUT2D eigenvalue weighted by atomic mass is 9.79. The Morgan fingerprint density at radius 3 is 2.08 bits per heavy atom. The van der Waals surface area contributed by atoms with Crippen LogP contribution < -0.4 is 16.2 Å². The molecule has 0 spiro atoms. The molecule has 3 aromatic rings. The SMILES string of the molecule is CCOC(=O)C1=C(N)N(c2ccc(Cl)cc2)C(C(=O)OCC)=C(C(=O)OCC)C1c1cc(=O)[nH]c2ccccc12. The minimum atomic E-state index is -1.31. The second kappa shape index (κ2) is 12.1. The van der Waals surface area contributed by atoms with Crippen molar-refractivity contribution in [3.8, 4) is 0 Å². The van der Waals surface area contributed by atoms with Crippen molar-refractivity contribution in [2.75, 3.05) is 24.7 Å². The Hall–Kier alpha value is -4.57. The molecule has 1 aromatic heterocycles. The van der Waals surface area contributed by atoms with Gasteiger partial charge in [-0.25, -0.2) is 14.4 Å². The lowest BCUT2D eigenvalue weighted by Gasteiger charge is -2.37. The van der Waals surface area contributed by atoms with Crippen molar-refractivity contribution in [2.45, 2.75) is 26.7 Å². The van der Waals surface area contributed by atoms with E-state index in [0.29, 0.717) is 21.6 Å². The standard InChI is InChI=1S/C29H28ClN3O7/c1-4-38-27(35)23-22(19-15-21(34)32-20-10-8-7-9-18(19)20)24(28(36)39-5-2)26(31)33(25(23)29(37)40-6-3)17-13-11-16(30)12-14-17/h7-15,22H,4-6,31H2,1-3H3,(H,32,34). The second-order valence-corrected chi connectivity index (χ2v) is 9.04. The Kier molecular flexibility index (Phi) is 8.59. The number of esters is 3. The van der Waals surface area contributed by atoms with E-state index in [1.54, 1.807) is 69.3 Å². The zero-order chi connectivity index (χ0) is 29.0. The average Bonchev–Trinajstić information content (AvgIpc) is 2.92. The predicted octanol–water partition coefficient (Wildman–Crippen LogP) is 3.90. The number of aromatic nitrogens is 1. The Balaban J connectivity index is 2.19. The number of nitrogens with one attached hydrogen (secondary N) is 1. The number of benzene rings is 2. The molecule has 1 atom stereocenters. The number of hydrogen-bond acceptors (Lipinski definition) is 9. The van der Waals surface area contributed by atoms with E-state index in [1.165, 1.54) is 11.0 Å². The summed E-state index contributed by atoms with van der Waals surface area (Å²) in [6.45, 7) is 4.80. The molecule has 11 heteroatoms. The first-order chi connectivity index (χ1) is 19.2. The summed E-state index contributed by atoms with van der Waals surface area (Å²) in [6, 6.07) is 14.4. The summed E-state index contributed by atoms with van der Waals surface area (Å²) >= 11 is 6.10. The van der Waals surface area contributed by atoms with Gasteiger partial charge in [-0.15, -0.1) is 0 Å². The van der Waals surface area contributed by atoms with Crippen LogP contribution in [0.25, 0.3) is 10.9 Å². The number of halogens is 1. The van der Waals surface area contributed by atoms with Crippen LogP contribution in [0.15, 0.2) is 82.1 Å². The number of H-pyrrole nitrogens is 1. The smallest absolute Gasteiger partial charge is 0.355 e. The molecule has 1 aliphatic heterocycles. The number of fused-ring (bicyclic) bond motifs is 1. The fourth-order valence-corrected chi connectivity index (χ4v) is 4.81. The highest BCUT2D eigenvalue weighted by atomic mass is 35.5. The number of aromatic amines is 1. The largest absolute Gasteiger partial charge is 0.463 e. The zero-order valence-corrected chi connectivity index (χ0v) is 22.9. The molecule has 0 radical (unpaired) electrons. The maximum Gasteiger partial charge on any atom is 0.355 e. The van der Waals surface area contributed by atoms with Gasteiger partial charge in [0.25, 0.3) is 0 Å². The lowest BCUT2D eigenvalue weighted by molar-refractivity contribution is -0.142. The van der Waals surface area contributed by atoms with Crippen LogP contribution in [-0.2, 0) is 28.6 Å². The molecule has 1 unspecified atom stereocenters. The molecule has 0 aliphatic carbocycles. The lowest BCUT2D eigenvalue weighted by Crippen LogP contribution is -2.43. The number of rotatable bonds is 8. The number of carbonyl (C=O) groups excluding carboxylic acids is 3. The fraction of sp³-hybridized carbons (Fsp3) is 0.241. The molecule has 40 heavy (non-hydrogen) atoms. The molecule has 208 valence electrons. The molecular weight excluding hydrogens is 538 g/mol. The van der Waals surface area contributed by atoms with Crippen LogP contribution in [0.2, 0.25) is 5.02 Å². The van der Waals surface area contributed by atoms with Crippen molar-refractivity contribution in [3.05, 3.63) is 98.2 Å². The summed E-state index contributed by atoms with van der Waals surface area (Å²) in [5.74, 6) is -4.11. The van der Waals surface area contributed by atoms with Crippen LogP contribution in [0.4, 0.5) is 5.69 Å². The third-order valence-electron chi connectivity index (χ3n) is 6.21. The minimum absolute atomic E-state index is 0.00257. The van der Waals surface area contributed by atoms with Gasteiger partial charge >= 0.3 is 17.9 Å². The van der Waals surface area contributed by atoms with Gasteiger partial charge in [-0.05, 0) is 56.7 Å². The van der Waals surface area contributed by atoms with Crippen molar-refractivity contribution >= 4 is 46.1 Å². The fourth-order valence-electron chi connectivity index (χ4n) is 4.69. The summed E-state index contributed by atoms with van der Waals surface area (Å²) in [6.07, 6.45) is 0. The highest BCUT2D eigenvalue weighted by Gasteiger charge is 2.46. The number of carbonyl (C=O) groups is 3. The Labute approximate surface area is 235 Å². The molecule has 0 amide bonds. The molecule has 0 bridgehead atoms. The number of para-hydroxylation sites is 1. The summed E-state index contributed by atoms with van der Waals surface area (Å²) < 4.78 is 16.2. The number of pyridine rings is 1. The first-order valence-corrected chi connectivity index (χ1v) is 13.0. The number of anilines is 1. The predicted molar refractivity (Wildman–Crippen MR) is 149 cm³/mol. The van der Waals surface area contributed by atoms with Crippen LogP contribution in [-0.4, -0.2) is 42.7 Å². The maximum absolute atomic E-state index is 13.7. The van der Waals surface area contributed by atoms with Gasteiger partial charge in [0.05, 0.1) is 36.9 Å². The van der Waals surface area contributed by atoms with E-state index < -0.39 is 29.4 Å². The van der Waals surface area contributed by atoms with Gasteiger partial charge in [0.15, 0.2) is 0 Å². The number of nitrogens with zero attached hydrogens (tertiary/aromatic N) is 1. The van der Waals surface area contributed by atoms with Gasteiger partial charge in [0.1, 0.15) is 11.5 Å². The van der Waals surface area contributed by atoms with Crippen LogP contribution in [0.1, 0.15) is 32.3 Å². The molecule has 0 saturated heterocycles. The van der Waals surface area contributed by atoms with Crippen molar-refractivity contribution in [2.24, 2.45) is 5.73 Å². The van der Waals surface area contributed by atoms with Crippen LogP contribution in [0, 0.1) is 0 Å². The van der Waals surface area contributed by atoms with Crippen LogP contribution in [0.5, 0.6) is 0 Å². The number of nitrogens with two attached hydrogens (primary N) is 1. The molecule has 0 fully saturated rings. The Morgan fingerprint density at radius 1 is 0.875 bits per heavy atom. The Morgan fingerprint density at radius 2 is 1.45 bits per heavy atom. The third-order valence-corrected chi connectivity index (χ3v) is 6.46. The first kappa shape index (κ1) is 28.4. The quantitative estimate of drug-likeness (QED) is 0.307. The van der Waals surface area contributed by atoms with E-state index in [1.807, 2.05) is 0 Å². The molecule has 1 aliphatic rings. The molecular formula is C29H28ClN3O7. The zero-order valence-electron chi connectivity index (χ0n) is 22.2. The van der Waals surface area contributed by atoms with E-state index in [9.17, 15) is 19.2 Å². The van der Waals surface area contributed by atoms with Gasteiger partial charge in [-0.1, -0.05) is 29.8 Å². The maximum atomic E-state index is 13.7. The summed E-state index contributed by atoms with van der Waals surface area (Å²) in [5, 5.41) is 0.931. The van der Waals surface area contributed by atoms with E-state index in [2.05, 4.69) is 4.98 Å². The molecule has 4 rings (SSSR count). The van der Waals surface area contributed by atoms with Gasteiger partial charge in [-0.3, -0.25) is 9.69 Å². The first-order valence-electron chi connectivity index (χ1n) is 12.7. The summed E-state index contributed by atoms with van der Waals surface area (Å²) in [5.41, 5.74) is 6.58. The molecule has 2 heterocycles. The third kappa shape index (κ3) is 5.30. The van der Waals surface area contributed by atoms with Gasteiger partial charge < -0.3 is 24.9 Å². The normalized spacial score (nSPS) is 15.3. The van der Waals surface area contributed by atoms with E-state index in [4.69, 9.17) is 31.5 Å². The molecule has 0 saturated carbocycles. The Bertz CT molecular complexity index is 1590. The van der Waals surface area contributed by atoms with Gasteiger partial charge in [0.2, 0.25) is 5.56 Å². The molecule has 2 aromatic carbocycles. The topological polar surface area (TPSA) is 141 Å². The second-order valence-electron chi connectivity index (χ2n) is 8.60.